The third-order valence-electron chi connectivity index (χ3n) is 4.71. The predicted molar refractivity (Wildman–Crippen MR) is 107 cm³/mol. The Morgan fingerprint density at radius 2 is 1.85 bits per heavy atom. The van der Waals surface area contributed by atoms with E-state index in [2.05, 4.69) is 52.1 Å². The standard InChI is InChI=1S/C22H37NO3/c1-17(24-13-11-20-15-23-12-14-25-20)26-19-9-7-18(8-10-19)22(5,6)16-21(2,3)4/h7-10,17,20,23H,11-16H2,1-6H3. The Morgan fingerprint density at radius 1 is 1.15 bits per heavy atom. The topological polar surface area (TPSA) is 39.7 Å². The average molecular weight is 364 g/mol. The fourth-order valence-corrected chi connectivity index (χ4v) is 3.81. The molecule has 1 saturated heterocycles. The van der Waals surface area contributed by atoms with E-state index in [1.165, 1.54) is 5.56 Å². The van der Waals surface area contributed by atoms with Crippen LogP contribution in [-0.4, -0.2) is 38.7 Å². The molecule has 1 heterocycles. The highest BCUT2D eigenvalue weighted by molar-refractivity contribution is 5.31. The molecule has 148 valence electrons. The van der Waals surface area contributed by atoms with Gasteiger partial charge in [0, 0.05) is 13.1 Å². The van der Waals surface area contributed by atoms with Crippen LogP contribution in [0.25, 0.3) is 0 Å². The van der Waals surface area contributed by atoms with Gasteiger partial charge in [-0.1, -0.05) is 46.8 Å². The predicted octanol–water partition coefficient (Wildman–Crippen LogP) is 4.52. The molecule has 2 atom stereocenters. The Morgan fingerprint density at radius 3 is 2.42 bits per heavy atom. The smallest absolute Gasteiger partial charge is 0.196 e. The van der Waals surface area contributed by atoms with Crippen LogP contribution in [0, 0.1) is 5.41 Å². The van der Waals surface area contributed by atoms with Gasteiger partial charge < -0.3 is 19.5 Å². The van der Waals surface area contributed by atoms with Crippen LogP contribution in [0.3, 0.4) is 0 Å². The third-order valence-corrected chi connectivity index (χ3v) is 4.71. The molecule has 0 aromatic heterocycles. The summed E-state index contributed by atoms with van der Waals surface area (Å²) in [6, 6.07) is 8.45. The van der Waals surface area contributed by atoms with E-state index in [0.29, 0.717) is 12.0 Å². The van der Waals surface area contributed by atoms with E-state index in [1.54, 1.807) is 0 Å². The highest BCUT2D eigenvalue weighted by atomic mass is 16.7. The van der Waals surface area contributed by atoms with E-state index < -0.39 is 0 Å². The van der Waals surface area contributed by atoms with Crippen molar-refractivity contribution >= 4 is 0 Å². The van der Waals surface area contributed by atoms with Crippen molar-refractivity contribution in [3.63, 3.8) is 0 Å². The van der Waals surface area contributed by atoms with Crippen LogP contribution in [-0.2, 0) is 14.9 Å². The zero-order valence-corrected chi connectivity index (χ0v) is 17.4. The SMILES string of the molecule is CC(OCCC1CNCCO1)Oc1ccc(C(C)(C)CC(C)(C)C)cc1. The molecule has 1 aliphatic heterocycles. The molecule has 2 unspecified atom stereocenters. The van der Waals surface area contributed by atoms with Crippen LogP contribution < -0.4 is 10.1 Å². The maximum atomic E-state index is 5.89. The lowest BCUT2D eigenvalue weighted by atomic mass is 9.72. The Kier molecular flexibility index (Phi) is 7.51. The molecule has 1 fully saturated rings. The van der Waals surface area contributed by atoms with E-state index in [9.17, 15) is 0 Å². The first-order chi connectivity index (χ1) is 12.2. The van der Waals surface area contributed by atoms with Crippen LogP contribution in [0.5, 0.6) is 5.75 Å². The second-order valence-corrected chi connectivity index (χ2v) is 9.19. The molecule has 4 heteroatoms. The van der Waals surface area contributed by atoms with Crippen molar-refractivity contribution in [3.05, 3.63) is 29.8 Å². The molecule has 0 radical (unpaired) electrons. The Hall–Kier alpha value is -1.10. The summed E-state index contributed by atoms with van der Waals surface area (Å²) in [6.45, 7) is 16.7. The van der Waals surface area contributed by atoms with Crippen molar-refractivity contribution in [2.45, 2.75) is 72.2 Å². The first-order valence-electron chi connectivity index (χ1n) is 9.87. The quantitative estimate of drug-likeness (QED) is 0.689. The van der Waals surface area contributed by atoms with Gasteiger partial charge in [0.25, 0.3) is 0 Å². The molecule has 2 rings (SSSR count). The van der Waals surface area contributed by atoms with Gasteiger partial charge in [-0.3, -0.25) is 0 Å². The van der Waals surface area contributed by atoms with E-state index in [0.717, 1.165) is 38.3 Å². The molecular formula is C22H37NO3. The molecule has 1 aliphatic rings. The molecule has 1 N–H and O–H groups in total. The van der Waals surface area contributed by atoms with Gasteiger partial charge in [0.15, 0.2) is 6.29 Å². The molecule has 0 bridgehead atoms. The monoisotopic (exact) mass is 363 g/mol. The number of rotatable bonds is 8. The van der Waals surface area contributed by atoms with Gasteiger partial charge in [0.05, 0.1) is 19.3 Å². The van der Waals surface area contributed by atoms with E-state index in [1.807, 2.05) is 19.1 Å². The molecule has 0 spiro atoms. The van der Waals surface area contributed by atoms with Crippen molar-refractivity contribution in [2.75, 3.05) is 26.3 Å². The van der Waals surface area contributed by atoms with Gasteiger partial charge in [-0.2, -0.15) is 0 Å². The Bertz CT molecular complexity index is 527. The van der Waals surface area contributed by atoms with E-state index in [4.69, 9.17) is 14.2 Å². The number of hydrogen-bond acceptors (Lipinski definition) is 4. The van der Waals surface area contributed by atoms with E-state index >= 15 is 0 Å². The highest BCUT2D eigenvalue weighted by Gasteiger charge is 2.27. The number of hydrogen-bond donors (Lipinski definition) is 1. The van der Waals surface area contributed by atoms with Gasteiger partial charge in [-0.05, 0) is 48.3 Å². The summed E-state index contributed by atoms with van der Waals surface area (Å²) in [5.74, 6) is 0.850. The van der Waals surface area contributed by atoms with Gasteiger partial charge in [0.1, 0.15) is 5.75 Å². The fourth-order valence-electron chi connectivity index (χ4n) is 3.81. The summed E-state index contributed by atoms with van der Waals surface area (Å²) in [4.78, 5) is 0. The second kappa shape index (κ2) is 9.20. The number of benzene rings is 1. The molecule has 0 amide bonds. The molecule has 0 saturated carbocycles. The van der Waals surface area contributed by atoms with Crippen molar-refractivity contribution < 1.29 is 14.2 Å². The zero-order chi connectivity index (χ0) is 19.2. The lowest BCUT2D eigenvalue weighted by molar-refractivity contribution is -0.0815. The minimum Gasteiger partial charge on any atom is -0.465 e. The maximum Gasteiger partial charge on any atom is 0.196 e. The summed E-state index contributed by atoms with van der Waals surface area (Å²) >= 11 is 0. The first kappa shape index (κ1) is 21.2. The van der Waals surface area contributed by atoms with Gasteiger partial charge in [0.2, 0.25) is 0 Å². The van der Waals surface area contributed by atoms with Gasteiger partial charge in [-0.15, -0.1) is 0 Å². The molecule has 1 aromatic carbocycles. The molecule has 0 aliphatic carbocycles. The zero-order valence-electron chi connectivity index (χ0n) is 17.4. The van der Waals surface area contributed by atoms with Crippen LogP contribution in [0.4, 0.5) is 0 Å². The highest BCUT2D eigenvalue weighted by Crippen LogP contribution is 2.36. The number of morpholine rings is 1. The Labute approximate surface area is 159 Å². The minimum atomic E-state index is -0.264. The molecule has 4 nitrogen and oxygen atoms in total. The van der Waals surface area contributed by atoms with Crippen LogP contribution in [0.15, 0.2) is 24.3 Å². The van der Waals surface area contributed by atoms with Crippen molar-refractivity contribution in [2.24, 2.45) is 5.41 Å². The van der Waals surface area contributed by atoms with Gasteiger partial charge >= 0.3 is 0 Å². The number of nitrogens with one attached hydrogen (secondary N) is 1. The molecular weight excluding hydrogens is 326 g/mol. The average Bonchev–Trinajstić information content (AvgIpc) is 2.54. The minimum absolute atomic E-state index is 0.146. The molecule has 26 heavy (non-hydrogen) atoms. The van der Waals surface area contributed by atoms with Crippen molar-refractivity contribution in [1.29, 1.82) is 0 Å². The normalized spacial score (nSPS) is 20.0. The third kappa shape index (κ3) is 7.26. The van der Waals surface area contributed by atoms with Crippen LogP contribution >= 0.6 is 0 Å². The van der Waals surface area contributed by atoms with Crippen LogP contribution in [0.1, 0.15) is 59.9 Å². The largest absolute Gasteiger partial charge is 0.465 e. The van der Waals surface area contributed by atoms with Gasteiger partial charge in [-0.25, -0.2) is 0 Å². The second-order valence-electron chi connectivity index (χ2n) is 9.19. The van der Waals surface area contributed by atoms with Crippen LogP contribution in [0.2, 0.25) is 0 Å². The summed E-state index contributed by atoms with van der Waals surface area (Å²) in [7, 11) is 0. The summed E-state index contributed by atoms with van der Waals surface area (Å²) in [5.41, 5.74) is 1.79. The lowest BCUT2D eigenvalue weighted by Gasteiger charge is -2.33. The lowest BCUT2D eigenvalue weighted by Crippen LogP contribution is -2.39. The van der Waals surface area contributed by atoms with Crippen molar-refractivity contribution in [1.82, 2.24) is 5.32 Å². The summed E-state index contributed by atoms with van der Waals surface area (Å²) < 4.78 is 17.3. The summed E-state index contributed by atoms with van der Waals surface area (Å²) in [5, 5.41) is 3.33. The summed E-state index contributed by atoms with van der Waals surface area (Å²) in [6.07, 6.45) is 2.01. The Balaban J connectivity index is 1.78. The fraction of sp³-hybridized carbons (Fsp3) is 0.727. The molecule has 1 aromatic rings. The first-order valence-corrected chi connectivity index (χ1v) is 9.87. The van der Waals surface area contributed by atoms with Crippen molar-refractivity contribution in [3.8, 4) is 5.75 Å². The van der Waals surface area contributed by atoms with E-state index in [-0.39, 0.29) is 17.8 Å². The number of ether oxygens (including phenoxy) is 3. The maximum absolute atomic E-state index is 5.89.